The Morgan fingerprint density at radius 3 is 2.70 bits per heavy atom. The summed E-state index contributed by atoms with van der Waals surface area (Å²) in [4.78, 5) is 23.8. The summed E-state index contributed by atoms with van der Waals surface area (Å²) >= 11 is 0. The third-order valence-corrected chi connectivity index (χ3v) is 4.98. The highest BCUT2D eigenvalue weighted by Gasteiger charge is 2.23. The van der Waals surface area contributed by atoms with Crippen molar-refractivity contribution in [3.05, 3.63) is 63.2 Å². The maximum atomic E-state index is 14.9. The summed E-state index contributed by atoms with van der Waals surface area (Å²) in [5, 5.41) is 23.1. The Morgan fingerprint density at radius 1 is 1.26 bits per heavy atom. The number of nitrogens with one attached hydrogen (secondary N) is 1. The van der Waals surface area contributed by atoms with Gasteiger partial charge in [-0.25, -0.2) is 9.18 Å². The highest BCUT2D eigenvalue weighted by Crippen LogP contribution is 2.38. The van der Waals surface area contributed by atoms with Crippen LogP contribution in [0.5, 0.6) is 5.75 Å². The molecule has 0 fully saturated rings. The van der Waals surface area contributed by atoms with Crippen molar-refractivity contribution in [2.45, 2.75) is 26.6 Å². The molecule has 0 saturated heterocycles. The summed E-state index contributed by atoms with van der Waals surface area (Å²) in [6.45, 7) is 3.47. The van der Waals surface area contributed by atoms with Crippen LogP contribution in [-0.2, 0) is 19.6 Å². The smallest absolute Gasteiger partial charge is 0.341 e. The molecule has 0 unspecified atom stereocenters. The molecule has 0 amide bonds. The van der Waals surface area contributed by atoms with Crippen LogP contribution < -0.4 is 10.7 Å². The van der Waals surface area contributed by atoms with Crippen LogP contribution in [0.1, 0.15) is 28.4 Å². The molecule has 0 atom stereocenters. The maximum Gasteiger partial charge on any atom is 0.341 e. The van der Waals surface area contributed by atoms with E-state index in [1.807, 2.05) is 12.1 Å². The minimum Gasteiger partial charge on any atom is -0.505 e. The second-order valence-corrected chi connectivity index (χ2v) is 6.53. The molecule has 0 aliphatic carbocycles. The van der Waals surface area contributed by atoms with E-state index in [4.69, 9.17) is 0 Å². The number of carbonyl (C=O) groups is 1. The first kappa shape index (κ1) is 17.2. The molecule has 7 heteroatoms. The molecule has 0 bridgehead atoms. The number of pyridine rings is 1. The van der Waals surface area contributed by atoms with E-state index in [2.05, 4.69) is 5.32 Å². The first-order chi connectivity index (χ1) is 12.9. The first-order valence-electron chi connectivity index (χ1n) is 8.57. The van der Waals surface area contributed by atoms with E-state index in [9.17, 15) is 24.2 Å². The number of phenolic OH excluding ortho intramolecular Hbond substituents is 1. The van der Waals surface area contributed by atoms with E-state index in [-0.39, 0.29) is 22.2 Å². The monoisotopic (exact) mass is 368 g/mol. The molecular weight excluding hydrogens is 351 g/mol. The zero-order valence-corrected chi connectivity index (χ0v) is 14.5. The zero-order valence-electron chi connectivity index (χ0n) is 14.5. The van der Waals surface area contributed by atoms with Crippen LogP contribution in [0.25, 0.3) is 22.0 Å². The Hall–Kier alpha value is -3.19. The van der Waals surface area contributed by atoms with Gasteiger partial charge < -0.3 is 20.1 Å². The number of aromatic hydroxyl groups is 1. The van der Waals surface area contributed by atoms with Gasteiger partial charge in [0.05, 0.1) is 16.5 Å². The lowest BCUT2D eigenvalue weighted by molar-refractivity contribution is 0.0695. The van der Waals surface area contributed by atoms with E-state index in [1.165, 1.54) is 10.8 Å². The Morgan fingerprint density at radius 2 is 2.00 bits per heavy atom. The Balaban J connectivity index is 2.05. The Bertz CT molecular complexity index is 1170. The fourth-order valence-electron chi connectivity index (χ4n) is 3.64. The molecule has 0 radical (unpaired) electrons. The highest BCUT2D eigenvalue weighted by molar-refractivity contribution is 5.97. The van der Waals surface area contributed by atoms with Gasteiger partial charge in [0.15, 0.2) is 5.75 Å². The summed E-state index contributed by atoms with van der Waals surface area (Å²) in [6, 6.07) is 6.44. The first-order valence-corrected chi connectivity index (χ1v) is 8.57. The van der Waals surface area contributed by atoms with Crippen molar-refractivity contribution in [2.75, 3.05) is 0 Å². The van der Waals surface area contributed by atoms with E-state index >= 15 is 0 Å². The van der Waals surface area contributed by atoms with Gasteiger partial charge in [0.1, 0.15) is 11.4 Å². The van der Waals surface area contributed by atoms with Gasteiger partial charge in [0.2, 0.25) is 5.43 Å². The number of carboxylic acids is 1. The SMILES string of the molecule is CCn1cc(C(=O)O)c(=O)c2cc(F)c(-c3ccc4c(c3)CNC4)c(O)c21. The number of nitrogens with zero attached hydrogens (tertiary/aromatic N) is 1. The fourth-order valence-corrected chi connectivity index (χ4v) is 3.64. The summed E-state index contributed by atoms with van der Waals surface area (Å²) in [5.41, 5.74) is 1.51. The summed E-state index contributed by atoms with van der Waals surface area (Å²) in [6.07, 6.45) is 1.18. The standard InChI is InChI=1S/C20H17FN2O4/c1-2-23-9-14(20(26)27)18(24)13-6-15(21)16(19(25)17(13)23)10-3-4-11-7-22-8-12(11)5-10/h3-6,9,22,25H,2,7-8H2,1H3,(H,26,27). The summed E-state index contributed by atoms with van der Waals surface area (Å²) < 4.78 is 16.3. The number of hydrogen-bond donors (Lipinski definition) is 3. The van der Waals surface area contributed by atoms with Crippen molar-refractivity contribution in [3.8, 4) is 16.9 Å². The van der Waals surface area contributed by atoms with E-state index in [0.29, 0.717) is 18.7 Å². The second-order valence-electron chi connectivity index (χ2n) is 6.53. The van der Waals surface area contributed by atoms with Crippen LogP contribution in [0.4, 0.5) is 4.39 Å². The fraction of sp³-hybridized carbons (Fsp3) is 0.200. The van der Waals surface area contributed by atoms with Crippen LogP contribution in [0.15, 0.2) is 35.3 Å². The number of halogens is 1. The Kier molecular flexibility index (Phi) is 3.96. The molecule has 1 aliphatic rings. The number of aromatic nitrogens is 1. The van der Waals surface area contributed by atoms with Gasteiger partial charge in [-0.2, -0.15) is 0 Å². The van der Waals surface area contributed by atoms with Gasteiger partial charge in [-0.15, -0.1) is 0 Å². The van der Waals surface area contributed by atoms with Crippen molar-refractivity contribution in [1.82, 2.24) is 9.88 Å². The summed E-state index contributed by atoms with van der Waals surface area (Å²) in [7, 11) is 0. The number of benzene rings is 2. The van der Waals surface area contributed by atoms with Gasteiger partial charge in [-0.3, -0.25) is 4.79 Å². The lowest BCUT2D eigenvalue weighted by atomic mass is 9.97. The molecule has 27 heavy (non-hydrogen) atoms. The molecule has 1 aromatic heterocycles. The number of aromatic carboxylic acids is 1. The van der Waals surface area contributed by atoms with E-state index < -0.39 is 22.8 Å². The molecule has 0 spiro atoms. The minimum absolute atomic E-state index is 0.00174. The topological polar surface area (TPSA) is 91.6 Å². The van der Waals surface area contributed by atoms with Crippen LogP contribution in [0, 0.1) is 5.82 Å². The van der Waals surface area contributed by atoms with Crippen LogP contribution in [-0.4, -0.2) is 20.7 Å². The van der Waals surface area contributed by atoms with Crippen molar-refractivity contribution < 1.29 is 19.4 Å². The second kappa shape index (κ2) is 6.21. The predicted octanol–water partition coefficient (Wildman–Crippen LogP) is 2.83. The molecule has 3 aromatic rings. The number of carboxylic acid groups (broad SMARTS) is 1. The van der Waals surface area contributed by atoms with Gasteiger partial charge in [-0.05, 0) is 35.7 Å². The van der Waals surface area contributed by atoms with Crippen molar-refractivity contribution >= 4 is 16.9 Å². The molecular formula is C20H17FN2O4. The average molecular weight is 368 g/mol. The number of aryl methyl sites for hydroxylation is 1. The van der Waals surface area contributed by atoms with Crippen LogP contribution >= 0.6 is 0 Å². The largest absolute Gasteiger partial charge is 0.505 e. The third-order valence-electron chi connectivity index (χ3n) is 4.98. The molecule has 3 N–H and O–H groups in total. The molecule has 6 nitrogen and oxygen atoms in total. The molecule has 2 aromatic carbocycles. The number of rotatable bonds is 3. The van der Waals surface area contributed by atoms with Crippen molar-refractivity contribution in [1.29, 1.82) is 0 Å². The molecule has 2 heterocycles. The molecule has 4 rings (SSSR count). The lowest BCUT2D eigenvalue weighted by Crippen LogP contribution is -2.19. The molecule has 0 saturated carbocycles. The average Bonchev–Trinajstić information content (AvgIpc) is 3.10. The van der Waals surface area contributed by atoms with Crippen molar-refractivity contribution in [3.63, 3.8) is 0 Å². The number of phenols is 1. The maximum absolute atomic E-state index is 14.9. The summed E-state index contributed by atoms with van der Waals surface area (Å²) in [5.74, 6) is -2.53. The normalized spacial score (nSPS) is 13.1. The Labute approximate surface area is 153 Å². The van der Waals surface area contributed by atoms with Gasteiger partial charge in [0, 0.05) is 25.8 Å². The molecule has 138 valence electrons. The van der Waals surface area contributed by atoms with Crippen LogP contribution in [0.3, 0.4) is 0 Å². The quantitative estimate of drug-likeness (QED) is 0.661. The third kappa shape index (κ3) is 2.59. The highest BCUT2D eigenvalue weighted by atomic mass is 19.1. The number of hydrogen-bond acceptors (Lipinski definition) is 4. The predicted molar refractivity (Wildman–Crippen MR) is 98.4 cm³/mol. The van der Waals surface area contributed by atoms with E-state index in [1.54, 1.807) is 13.0 Å². The van der Waals surface area contributed by atoms with Crippen LogP contribution in [0.2, 0.25) is 0 Å². The lowest BCUT2D eigenvalue weighted by Gasteiger charge is -2.15. The van der Waals surface area contributed by atoms with Gasteiger partial charge >= 0.3 is 5.97 Å². The van der Waals surface area contributed by atoms with Gasteiger partial charge in [-0.1, -0.05) is 12.1 Å². The minimum atomic E-state index is -1.39. The van der Waals surface area contributed by atoms with E-state index in [0.717, 1.165) is 23.7 Å². The number of fused-ring (bicyclic) bond motifs is 2. The van der Waals surface area contributed by atoms with Gasteiger partial charge in [0.25, 0.3) is 0 Å². The zero-order chi connectivity index (χ0) is 19.3. The van der Waals surface area contributed by atoms with Crippen molar-refractivity contribution in [2.24, 2.45) is 0 Å². The molecule has 1 aliphatic heterocycles.